The second-order valence-electron chi connectivity index (χ2n) is 8.02. The van der Waals surface area contributed by atoms with Gasteiger partial charge in [-0.05, 0) is 38.3 Å². The lowest BCUT2D eigenvalue weighted by Gasteiger charge is -2.32. The van der Waals surface area contributed by atoms with E-state index in [4.69, 9.17) is 0 Å². The summed E-state index contributed by atoms with van der Waals surface area (Å²) in [4.78, 5) is 28.2. The molecular weight excluding hydrogens is 408 g/mol. The van der Waals surface area contributed by atoms with Crippen molar-refractivity contribution in [3.63, 3.8) is 0 Å². The molecule has 1 aromatic carbocycles. The number of carbonyl (C=O) groups is 1. The number of aromatic nitrogens is 3. The summed E-state index contributed by atoms with van der Waals surface area (Å²) in [5.41, 5.74) is 3.90. The van der Waals surface area contributed by atoms with Crippen molar-refractivity contribution in [3.05, 3.63) is 64.4 Å². The molecule has 1 aliphatic heterocycles. The average Bonchev–Trinajstić information content (AvgIpc) is 3.16. The van der Waals surface area contributed by atoms with Gasteiger partial charge in [0.2, 0.25) is 11.9 Å². The Hall–Kier alpha value is -2.84. The van der Waals surface area contributed by atoms with E-state index in [2.05, 4.69) is 54.8 Å². The van der Waals surface area contributed by atoms with Crippen LogP contribution in [0.15, 0.2) is 41.8 Å². The molecule has 0 saturated carbocycles. The summed E-state index contributed by atoms with van der Waals surface area (Å²) in [6.45, 7) is 6.84. The molecule has 0 aliphatic carbocycles. The molecule has 1 amide bonds. The van der Waals surface area contributed by atoms with Gasteiger partial charge in [0, 0.05) is 42.4 Å². The van der Waals surface area contributed by atoms with E-state index in [0.29, 0.717) is 11.1 Å². The highest BCUT2D eigenvalue weighted by Crippen LogP contribution is 2.20. The molecule has 4 rings (SSSR count). The lowest BCUT2D eigenvalue weighted by molar-refractivity contribution is -0.121. The minimum atomic E-state index is 0.0287. The van der Waals surface area contributed by atoms with E-state index in [0.717, 1.165) is 49.6 Å². The van der Waals surface area contributed by atoms with E-state index in [1.54, 1.807) is 0 Å². The van der Waals surface area contributed by atoms with E-state index in [1.807, 2.05) is 31.4 Å². The third kappa shape index (κ3) is 6.32. The zero-order valence-electron chi connectivity index (χ0n) is 18.0. The van der Waals surface area contributed by atoms with Gasteiger partial charge in [-0.15, -0.1) is 11.3 Å². The number of likely N-dealkylation sites (tertiary alicyclic amines) is 1. The van der Waals surface area contributed by atoms with Gasteiger partial charge < -0.3 is 10.6 Å². The number of thiazole rings is 1. The van der Waals surface area contributed by atoms with Crippen molar-refractivity contribution in [2.45, 2.75) is 45.7 Å². The van der Waals surface area contributed by atoms with E-state index < -0.39 is 0 Å². The fraction of sp³-hybridized carbons (Fsp3) is 0.391. The number of nitrogens with zero attached hydrogens (tertiary/aromatic N) is 4. The molecule has 0 bridgehead atoms. The molecule has 0 atom stereocenters. The van der Waals surface area contributed by atoms with Crippen molar-refractivity contribution >= 4 is 28.3 Å². The van der Waals surface area contributed by atoms with Crippen molar-refractivity contribution < 1.29 is 4.79 Å². The molecule has 0 radical (unpaired) electrons. The van der Waals surface area contributed by atoms with Gasteiger partial charge in [-0.25, -0.2) is 15.0 Å². The predicted octanol–water partition coefficient (Wildman–Crippen LogP) is 3.62. The Morgan fingerprint density at radius 1 is 1.10 bits per heavy atom. The van der Waals surface area contributed by atoms with Gasteiger partial charge in [0.15, 0.2) is 5.13 Å². The second-order valence-corrected chi connectivity index (χ2v) is 8.88. The average molecular weight is 437 g/mol. The lowest BCUT2D eigenvalue weighted by atomic mass is 10.0. The molecule has 2 aromatic heterocycles. The van der Waals surface area contributed by atoms with Gasteiger partial charge in [0.05, 0.1) is 12.1 Å². The van der Waals surface area contributed by atoms with Crippen LogP contribution in [0.5, 0.6) is 0 Å². The van der Waals surface area contributed by atoms with Crippen LogP contribution >= 0.6 is 11.3 Å². The summed E-state index contributed by atoms with van der Waals surface area (Å²) in [6, 6.07) is 12.7. The van der Waals surface area contributed by atoms with Crippen molar-refractivity contribution in [3.8, 4) is 0 Å². The minimum Gasteiger partial charge on any atom is -0.353 e. The summed E-state index contributed by atoms with van der Waals surface area (Å²) in [5.74, 6) is 0.561. The maximum atomic E-state index is 12.5. The fourth-order valence-electron chi connectivity index (χ4n) is 3.84. The zero-order chi connectivity index (χ0) is 21.6. The molecule has 8 heteroatoms. The monoisotopic (exact) mass is 436 g/mol. The highest BCUT2D eigenvalue weighted by molar-refractivity contribution is 7.13. The minimum absolute atomic E-state index is 0.0287. The van der Waals surface area contributed by atoms with Crippen molar-refractivity contribution in [1.29, 1.82) is 0 Å². The second kappa shape index (κ2) is 9.98. The van der Waals surface area contributed by atoms with Gasteiger partial charge in [0.1, 0.15) is 0 Å². The molecule has 1 fully saturated rings. The first-order valence-corrected chi connectivity index (χ1v) is 11.5. The summed E-state index contributed by atoms with van der Waals surface area (Å²) >= 11 is 1.46. The number of nitrogens with one attached hydrogen (secondary N) is 2. The third-order valence-corrected chi connectivity index (χ3v) is 6.10. The topological polar surface area (TPSA) is 83.0 Å². The van der Waals surface area contributed by atoms with Crippen molar-refractivity contribution in [1.82, 2.24) is 25.2 Å². The molecule has 0 unspecified atom stereocenters. The van der Waals surface area contributed by atoms with Gasteiger partial charge in [0.25, 0.3) is 0 Å². The Morgan fingerprint density at radius 2 is 1.81 bits per heavy atom. The number of hydrogen-bond acceptors (Lipinski definition) is 7. The van der Waals surface area contributed by atoms with E-state index >= 15 is 0 Å². The Labute approximate surface area is 187 Å². The smallest absolute Gasteiger partial charge is 0.229 e. The molecular formula is C23H28N6OS. The Morgan fingerprint density at radius 3 is 2.52 bits per heavy atom. The maximum absolute atomic E-state index is 12.5. The first-order valence-electron chi connectivity index (χ1n) is 10.6. The Bertz CT molecular complexity index is 994. The number of carbonyl (C=O) groups excluding carboxylic acids is 1. The molecule has 7 nitrogen and oxygen atoms in total. The molecule has 3 heterocycles. The van der Waals surface area contributed by atoms with Crippen LogP contribution in [0.3, 0.4) is 0 Å². The van der Waals surface area contributed by atoms with E-state index in [-0.39, 0.29) is 18.4 Å². The first kappa shape index (κ1) is 21.4. The quantitative estimate of drug-likeness (QED) is 0.589. The van der Waals surface area contributed by atoms with Crippen LogP contribution in [0, 0.1) is 13.8 Å². The Kier molecular flexibility index (Phi) is 6.89. The molecule has 2 N–H and O–H groups in total. The summed E-state index contributed by atoms with van der Waals surface area (Å²) in [7, 11) is 0. The van der Waals surface area contributed by atoms with Crippen molar-refractivity contribution in [2.24, 2.45) is 0 Å². The normalized spacial score (nSPS) is 15.0. The molecule has 162 valence electrons. The van der Waals surface area contributed by atoms with Crippen LogP contribution in [0.4, 0.5) is 11.1 Å². The van der Waals surface area contributed by atoms with Gasteiger partial charge >= 0.3 is 0 Å². The number of hydrogen-bond donors (Lipinski definition) is 2. The van der Waals surface area contributed by atoms with Gasteiger partial charge in [-0.2, -0.15) is 0 Å². The maximum Gasteiger partial charge on any atom is 0.229 e. The summed E-state index contributed by atoms with van der Waals surface area (Å²) < 4.78 is 0. The third-order valence-electron chi connectivity index (χ3n) is 5.30. The SMILES string of the molecule is Cc1cc(C)nc(Nc2nc(CC(=O)NC3CCN(Cc4ccccc4)CC3)cs2)n1. The molecule has 1 aliphatic rings. The number of anilines is 2. The zero-order valence-corrected chi connectivity index (χ0v) is 18.8. The van der Waals surface area contributed by atoms with Crippen molar-refractivity contribution in [2.75, 3.05) is 18.4 Å². The summed E-state index contributed by atoms with van der Waals surface area (Å²) in [5, 5.41) is 8.92. The number of rotatable bonds is 7. The van der Waals surface area contributed by atoms with Crippen LogP contribution in [-0.2, 0) is 17.8 Å². The molecule has 31 heavy (non-hydrogen) atoms. The summed E-state index contributed by atoms with van der Waals surface area (Å²) in [6.07, 6.45) is 2.25. The molecule has 1 saturated heterocycles. The number of benzene rings is 1. The number of amides is 1. The largest absolute Gasteiger partial charge is 0.353 e. The van der Waals surface area contributed by atoms with Gasteiger partial charge in [-0.1, -0.05) is 30.3 Å². The fourth-order valence-corrected chi connectivity index (χ4v) is 4.55. The number of aryl methyl sites for hydroxylation is 2. The highest BCUT2D eigenvalue weighted by Gasteiger charge is 2.21. The molecule has 0 spiro atoms. The predicted molar refractivity (Wildman–Crippen MR) is 123 cm³/mol. The Balaban J connectivity index is 1.22. The standard InChI is InChI=1S/C23H28N6OS/c1-16-12-17(2)25-22(24-16)28-23-27-20(15-31-23)13-21(30)26-19-8-10-29(11-9-19)14-18-6-4-3-5-7-18/h3-7,12,15,19H,8-11,13-14H2,1-2H3,(H,26,30)(H,24,25,27,28). The first-order chi connectivity index (χ1) is 15.0. The van der Waals surface area contributed by atoms with Crippen LogP contribution in [-0.4, -0.2) is 44.9 Å². The number of piperidine rings is 1. The molecule has 3 aromatic rings. The van der Waals surface area contributed by atoms with Gasteiger partial charge in [-0.3, -0.25) is 9.69 Å². The van der Waals surface area contributed by atoms with Crippen LogP contribution in [0.1, 0.15) is 35.5 Å². The highest BCUT2D eigenvalue weighted by atomic mass is 32.1. The van der Waals surface area contributed by atoms with Crippen LogP contribution in [0.25, 0.3) is 0 Å². The van der Waals surface area contributed by atoms with Crippen LogP contribution < -0.4 is 10.6 Å². The van der Waals surface area contributed by atoms with E-state index in [1.165, 1.54) is 16.9 Å². The van der Waals surface area contributed by atoms with E-state index in [9.17, 15) is 4.79 Å². The lowest BCUT2D eigenvalue weighted by Crippen LogP contribution is -2.44. The van der Waals surface area contributed by atoms with Crippen LogP contribution in [0.2, 0.25) is 0 Å².